The molecule has 0 aliphatic carbocycles. The first-order valence-electron chi connectivity index (χ1n) is 6.85. The smallest absolute Gasteiger partial charge is 0.406 e. The number of rotatable bonds is 3. The molecule has 120 valence electrons. The van der Waals surface area contributed by atoms with Crippen molar-refractivity contribution in [2.75, 3.05) is 5.73 Å². The number of ether oxygens (including phenoxy) is 1. The molecule has 1 heterocycles. The lowest BCUT2D eigenvalue weighted by Crippen LogP contribution is -2.17. The highest BCUT2D eigenvalue weighted by molar-refractivity contribution is 6.01. The second-order valence-corrected chi connectivity index (χ2v) is 5.08. The summed E-state index contributed by atoms with van der Waals surface area (Å²) in [4.78, 5) is 5.39. The number of nitrogens with two attached hydrogens (primary N) is 1. The van der Waals surface area contributed by atoms with Gasteiger partial charge in [0.2, 0.25) is 0 Å². The van der Waals surface area contributed by atoms with E-state index in [1.54, 1.807) is 12.1 Å². The molecule has 0 radical (unpaired) electrons. The highest BCUT2D eigenvalue weighted by Gasteiger charge is 2.31. The van der Waals surface area contributed by atoms with E-state index in [0.717, 1.165) is 5.56 Å². The molecule has 0 spiro atoms. The highest BCUT2D eigenvalue weighted by atomic mass is 19.4. The molecule has 7 heteroatoms. The van der Waals surface area contributed by atoms with E-state index in [4.69, 9.17) is 10.6 Å². The number of anilines is 1. The molecule has 1 unspecified atom stereocenters. The molecule has 2 aromatic rings. The molecule has 23 heavy (non-hydrogen) atoms. The Labute approximate surface area is 130 Å². The first-order valence-corrected chi connectivity index (χ1v) is 6.85. The van der Waals surface area contributed by atoms with E-state index in [1.807, 2.05) is 12.1 Å². The van der Waals surface area contributed by atoms with Crippen molar-refractivity contribution in [3.63, 3.8) is 0 Å². The monoisotopic (exact) mass is 322 g/mol. The van der Waals surface area contributed by atoms with Crippen LogP contribution in [0.25, 0.3) is 0 Å². The third-order valence-corrected chi connectivity index (χ3v) is 3.40. The molecule has 1 atom stereocenters. The molecule has 0 saturated heterocycles. The van der Waals surface area contributed by atoms with Gasteiger partial charge in [-0.05, 0) is 47.5 Å². The quantitative estimate of drug-likeness (QED) is 0.868. The standard InChI is InChI=1S/C16H13F3N2O2/c17-16(18,19)22-13-7-3-10(4-8-13)14-9-15(23-21-14)11-1-5-12(20)6-2-11/h1-8,15H,9,20H2. The van der Waals surface area contributed by atoms with E-state index in [0.29, 0.717) is 23.4 Å². The van der Waals surface area contributed by atoms with Crippen molar-refractivity contribution in [2.45, 2.75) is 18.9 Å². The van der Waals surface area contributed by atoms with Crippen molar-refractivity contribution in [3.05, 3.63) is 59.7 Å². The molecular formula is C16H13F3N2O2. The fourth-order valence-electron chi connectivity index (χ4n) is 2.29. The van der Waals surface area contributed by atoms with Gasteiger partial charge in [-0.3, -0.25) is 0 Å². The van der Waals surface area contributed by atoms with Crippen molar-refractivity contribution < 1.29 is 22.7 Å². The molecular weight excluding hydrogens is 309 g/mol. The van der Waals surface area contributed by atoms with Crippen LogP contribution < -0.4 is 10.5 Å². The maximum Gasteiger partial charge on any atom is 0.573 e. The van der Waals surface area contributed by atoms with Crippen molar-refractivity contribution in [1.82, 2.24) is 0 Å². The van der Waals surface area contributed by atoms with E-state index >= 15 is 0 Å². The lowest BCUT2D eigenvalue weighted by Gasteiger charge is -2.09. The Bertz CT molecular complexity index is 710. The van der Waals surface area contributed by atoms with Crippen molar-refractivity contribution in [2.24, 2.45) is 5.16 Å². The number of nitrogens with zero attached hydrogens (tertiary/aromatic N) is 1. The van der Waals surface area contributed by atoms with Gasteiger partial charge < -0.3 is 15.3 Å². The summed E-state index contributed by atoms with van der Waals surface area (Å²) in [6, 6.07) is 12.8. The van der Waals surface area contributed by atoms with Gasteiger partial charge in [0.05, 0.1) is 5.71 Å². The molecule has 0 aromatic heterocycles. The van der Waals surface area contributed by atoms with Crippen LogP contribution in [0.4, 0.5) is 18.9 Å². The lowest BCUT2D eigenvalue weighted by molar-refractivity contribution is -0.274. The zero-order valence-electron chi connectivity index (χ0n) is 11.9. The summed E-state index contributed by atoms with van der Waals surface area (Å²) in [6.07, 6.45) is -4.39. The Morgan fingerprint density at radius 3 is 2.30 bits per heavy atom. The lowest BCUT2D eigenvalue weighted by atomic mass is 10.00. The summed E-state index contributed by atoms with van der Waals surface area (Å²) in [7, 11) is 0. The van der Waals surface area contributed by atoms with Crippen LogP contribution in [0.3, 0.4) is 0 Å². The number of hydrogen-bond acceptors (Lipinski definition) is 4. The summed E-state index contributed by atoms with van der Waals surface area (Å²) in [5.41, 5.74) is 8.60. The van der Waals surface area contributed by atoms with Crippen LogP contribution in [-0.4, -0.2) is 12.1 Å². The van der Waals surface area contributed by atoms with Crippen LogP contribution in [0.15, 0.2) is 53.7 Å². The summed E-state index contributed by atoms with van der Waals surface area (Å²) in [5, 5.41) is 4.01. The van der Waals surface area contributed by atoms with E-state index in [-0.39, 0.29) is 11.9 Å². The Kier molecular flexibility index (Phi) is 3.85. The van der Waals surface area contributed by atoms with Gasteiger partial charge >= 0.3 is 6.36 Å². The highest BCUT2D eigenvalue weighted by Crippen LogP contribution is 2.31. The number of alkyl halides is 3. The van der Waals surface area contributed by atoms with E-state index in [1.165, 1.54) is 24.3 Å². The second-order valence-electron chi connectivity index (χ2n) is 5.08. The van der Waals surface area contributed by atoms with Gasteiger partial charge in [-0.25, -0.2) is 0 Å². The van der Waals surface area contributed by atoms with Gasteiger partial charge in [0.1, 0.15) is 5.75 Å². The van der Waals surface area contributed by atoms with Crippen LogP contribution in [0.1, 0.15) is 23.7 Å². The maximum atomic E-state index is 12.1. The van der Waals surface area contributed by atoms with Gasteiger partial charge in [-0.2, -0.15) is 0 Å². The van der Waals surface area contributed by atoms with Crippen LogP contribution in [0.5, 0.6) is 5.75 Å². The Balaban J connectivity index is 1.68. The first-order chi connectivity index (χ1) is 10.9. The molecule has 1 aliphatic rings. The van der Waals surface area contributed by atoms with E-state index in [9.17, 15) is 13.2 Å². The van der Waals surface area contributed by atoms with E-state index in [2.05, 4.69) is 9.89 Å². The molecule has 3 rings (SSSR count). The predicted octanol–water partition coefficient (Wildman–Crippen LogP) is 4.03. The molecule has 4 nitrogen and oxygen atoms in total. The fraction of sp³-hybridized carbons (Fsp3) is 0.188. The maximum absolute atomic E-state index is 12.1. The number of oxime groups is 1. The summed E-state index contributed by atoms with van der Waals surface area (Å²) in [6.45, 7) is 0. The fourth-order valence-corrected chi connectivity index (χ4v) is 2.29. The zero-order chi connectivity index (χ0) is 16.4. The van der Waals surface area contributed by atoms with Gasteiger partial charge in [-0.1, -0.05) is 17.3 Å². The van der Waals surface area contributed by atoms with Crippen LogP contribution in [0, 0.1) is 0 Å². The molecule has 2 aromatic carbocycles. The first kappa shape index (κ1) is 15.2. The summed E-state index contributed by atoms with van der Waals surface area (Å²) >= 11 is 0. The Hall–Kier alpha value is -2.70. The van der Waals surface area contributed by atoms with Crippen LogP contribution >= 0.6 is 0 Å². The second kappa shape index (κ2) is 5.83. The minimum atomic E-state index is -4.70. The van der Waals surface area contributed by atoms with Gasteiger partial charge in [0.25, 0.3) is 0 Å². The number of hydrogen-bond donors (Lipinski definition) is 1. The molecule has 0 amide bonds. The predicted molar refractivity (Wildman–Crippen MR) is 79.0 cm³/mol. The average Bonchev–Trinajstić information content (AvgIpc) is 2.97. The average molecular weight is 322 g/mol. The Morgan fingerprint density at radius 1 is 1.04 bits per heavy atom. The number of nitrogen functional groups attached to an aromatic ring is 1. The molecule has 2 N–H and O–H groups in total. The van der Waals surface area contributed by atoms with Crippen LogP contribution in [0.2, 0.25) is 0 Å². The minimum absolute atomic E-state index is 0.225. The topological polar surface area (TPSA) is 56.8 Å². The van der Waals surface area contributed by atoms with Gasteiger partial charge in [0.15, 0.2) is 6.10 Å². The van der Waals surface area contributed by atoms with Crippen LogP contribution in [-0.2, 0) is 4.84 Å². The van der Waals surface area contributed by atoms with Crippen molar-refractivity contribution >= 4 is 11.4 Å². The number of halogens is 3. The SMILES string of the molecule is Nc1ccc(C2CC(c3ccc(OC(F)(F)F)cc3)=NO2)cc1. The van der Waals surface area contributed by atoms with Crippen molar-refractivity contribution in [1.29, 1.82) is 0 Å². The molecule has 1 aliphatic heterocycles. The minimum Gasteiger partial charge on any atom is -0.406 e. The largest absolute Gasteiger partial charge is 0.573 e. The number of benzene rings is 2. The third-order valence-electron chi connectivity index (χ3n) is 3.40. The summed E-state index contributed by atoms with van der Waals surface area (Å²) in [5.74, 6) is -0.268. The van der Waals surface area contributed by atoms with Gasteiger partial charge in [0, 0.05) is 12.1 Å². The van der Waals surface area contributed by atoms with Gasteiger partial charge in [-0.15, -0.1) is 13.2 Å². The summed E-state index contributed by atoms with van der Waals surface area (Å²) < 4.78 is 40.2. The van der Waals surface area contributed by atoms with E-state index < -0.39 is 6.36 Å². The Morgan fingerprint density at radius 2 is 1.70 bits per heavy atom. The zero-order valence-corrected chi connectivity index (χ0v) is 11.9. The molecule has 0 fully saturated rings. The normalized spacial score (nSPS) is 17.5. The molecule has 0 saturated carbocycles. The van der Waals surface area contributed by atoms with Crippen molar-refractivity contribution in [3.8, 4) is 5.75 Å². The third kappa shape index (κ3) is 3.74. The molecule has 0 bridgehead atoms.